The fourth-order valence-corrected chi connectivity index (χ4v) is 4.10. The second-order valence-electron chi connectivity index (χ2n) is 8.34. The summed E-state index contributed by atoms with van der Waals surface area (Å²) in [6.45, 7) is 1.83. The van der Waals surface area contributed by atoms with Gasteiger partial charge in [-0.2, -0.15) is 0 Å². The second kappa shape index (κ2) is 8.16. The second-order valence-corrected chi connectivity index (χ2v) is 8.34. The van der Waals surface area contributed by atoms with Gasteiger partial charge in [0, 0.05) is 8.54 Å². The molecule has 3 aromatic carbocycles. The van der Waals surface area contributed by atoms with Gasteiger partial charge < -0.3 is 24.6 Å². The molecule has 172 valence electrons. The maximum atomic E-state index is 13.3. The highest BCUT2D eigenvalue weighted by Gasteiger charge is 2.51. The topological polar surface area (TPSA) is 94.1 Å². The van der Waals surface area contributed by atoms with Crippen LogP contribution in [0, 0.1) is 6.92 Å². The van der Waals surface area contributed by atoms with Crippen LogP contribution < -0.4 is 19.5 Å². The van der Waals surface area contributed by atoms with Crippen molar-refractivity contribution in [2.75, 3.05) is 18.7 Å². The Morgan fingerprint density at radius 2 is 1.79 bits per heavy atom. The maximum Gasteiger partial charge on any atom is 0.341 e. The van der Waals surface area contributed by atoms with E-state index in [0.29, 0.717) is 17.2 Å². The minimum Gasteiger partial charge on any atom is -0.482 e. The number of hydrogen-bond acceptors (Lipinski definition) is 5. The van der Waals surface area contributed by atoms with Gasteiger partial charge in [-0.1, -0.05) is 24.3 Å². The molecular weight excluding hydrogens is 422 g/mol. The molecule has 1 heterocycles. The van der Waals surface area contributed by atoms with Crippen LogP contribution in [0.4, 0.5) is 5.69 Å². The summed E-state index contributed by atoms with van der Waals surface area (Å²) in [6.07, 6.45) is 1.57. The largest absolute Gasteiger partial charge is 0.482 e. The van der Waals surface area contributed by atoms with Gasteiger partial charge in [0.15, 0.2) is 18.1 Å². The van der Waals surface area contributed by atoms with E-state index in [4.69, 9.17) is 19.3 Å². The van der Waals surface area contributed by atoms with Gasteiger partial charge >= 0.3 is 5.97 Å². The molecule has 0 bridgehead atoms. The monoisotopic (exact) mass is 449 g/mol. The van der Waals surface area contributed by atoms with Crippen molar-refractivity contribution in [3.63, 3.8) is 0 Å². The predicted molar refractivity (Wildman–Crippen MR) is 126 cm³/mol. The van der Waals surface area contributed by atoms with E-state index >= 15 is 0 Å². The van der Waals surface area contributed by atoms with Crippen molar-refractivity contribution in [3.8, 4) is 28.4 Å². The van der Waals surface area contributed by atoms with Crippen LogP contribution in [0.2, 0.25) is 0 Å². The number of carbonyl (C=O) groups is 2. The maximum absolute atomic E-state index is 13.3. The Kier molecular flexibility index (Phi) is 5.17. The summed E-state index contributed by atoms with van der Waals surface area (Å²) in [7, 11) is 0. The number of carboxylic acids is 1. The molecule has 0 aromatic heterocycles. The van der Waals surface area contributed by atoms with Crippen molar-refractivity contribution in [1.29, 1.82) is 0 Å². The van der Waals surface area contributed by atoms with Crippen LogP contribution in [0.1, 0.15) is 26.8 Å². The normalized spacial score (nSPS) is 15.1. The number of rotatable bonds is 7. The summed E-state index contributed by atoms with van der Waals surface area (Å²) in [5, 5.41) is 11.8. The fraction of sp³-hybridized carbons (Fsp3) is 0.231. The number of carboxylic acid groups (broad SMARTS) is 1. The summed E-state index contributed by atoms with van der Waals surface area (Å²) in [5.41, 5.74) is 4.10. The van der Waals surface area contributed by atoms with Gasteiger partial charge in [-0.3, -0.25) is 4.79 Å². The Morgan fingerprint density at radius 3 is 2.52 bits per heavy atom. The first-order chi connectivity index (χ1) is 15.9. The molecule has 0 unspecified atom stereocenters. The van der Waals surface area contributed by atoms with Crippen LogP contribution in [-0.2, 0) is 15.0 Å². The average molecular weight is 450 g/mol. The smallest absolute Gasteiger partial charge is 0.341 e. The zero-order chi connectivity index (χ0) is 23.0. The summed E-state index contributed by atoms with van der Waals surface area (Å²) in [5.74, 6) is 0.821. The third kappa shape index (κ3) is 4.09. The number of anilines is 1. The van der Waals surface area contributed by atoms with E-state index in [1.807, 2.05) is 55.5 Å². The van der Waals surface area contributed by atoms with Crippen LogP contribution in [0.25, 0.3) is 11.1 Å². The van der Waals surface area contributed by atoms with Crippen LogP contribution in [0.5, 0.6) is 17.2 Å². The molecule has 0 saturated heterocycles. The number of ether oxygens (including phenoxy) is 3. The Bertz CT molecular complexity index is 1240. The van der Waals surface area contributed by atoms with Gasteiger partial charge in [0.1, 0.15) is 5.75 Å². The van der Waals surface area contributed by atoms with E-state index in [0.717, 1.165) is 40.8 Å². The first-order valence-corrected chi connectivity index (χ1v) is 10.7. The first-order valence-electron chi connectivity index (χ1n) is 10.7. The summed E-state index contributed by atoms with van der Waals surface area (Å²) in [4.78, 5) is 23.9. The first kappa shape index (κ1) is 20.9. The summed E-state index contributed by atoms with van der Waals surface area (Å²) < 4.78 is 16.1. The molecule has 5 rings (SSSR count). The number of aliphatic carboxylic acids is 1. The van der Waals surface area contributed by atoms with Crippen molar-refractivity contribution < 1.29 is 31.8 Å². The molecule has 3 aromatic rings. The highest BCUT2D eigenvalue weighted by atomic mass is 16.7. The van der Waals surface area contributed by atoms with Gasteiger partial charge in [-0.15, -0.1) is 0 Å². The molecule has 1 amide bonds. The van der Waals surface area contributed by atoms with Crippen LogP contribution >= 0.6 is 0 Å². The van der Waals surface area contributed by atoms with Crippen LogP contribution in [0.3, 0.4) is 0 Å². The third-order valence-electron chi connectivity index (χ3n) is 6.13. The SMILES string of the molecule is Cc1ccc(NC(=O)C2(c3ccc4c(c3)OCO4)CC2)cc1-c1ccc(OCC(=O)O)cc1.[HH].[HH]. The van der Waals surface area contributed by atoms with Gasteiger partial charge in [0.05, 0.1) is 5.41 Å². The molecule has 0 atom stereocenters. The van der Waals surface area contributed by atoms with Gasteiger partial charge in [-0.05, 0) is 78.4 Å². The molecule has 0 spiro atoms. The number of benzene rings is 3. The van der Waals surface area contributed by atoms with Crippen molar-refractivity contribution in [1.82, 2.24) is 0 Å². The molecule has 2 N–H and O–H groups in total. The number of nitrogens with one attached hydrogen (secondary N) is 1. The molecule has 1 aliphatic heterocycles. The third-order valence-corrected chi connectivity index (χ3v) is 6.13. The quantitative estimate of drug-likeness (QED) is 0.526. The van der Waals surface area contributed by atoms with Crippen molar-refractivity contribution in [2.45, 2.75) is 25.2 Å². The molecule has 7 nitrogen and oxygen atoms in total. The average Bonchev–Trinajstić information content (AvgIpc) is 3.50. The summed E-state index contributed by atoms with van der Waals surface area (Å²) in [6, 6.07) is 18.8. The van der Waals surface area contributed by atoms with E-state index < -0.39 is 11.4 Å². The molecule has 7 heteroatoms. The molecule has 1 aliphatic carbocycles. The minimum absolute atomic E-state index is 0. The van der Waals surface area contributed by atoms with Gasteiger partial charge in [-0.25, -0.2) is 4.79 Å². The van der Waals surface area contributed by atoms with Crippen molar-refractivity contribution in [2.24, 2.45) is 0 Å². The minimum atomic E-state index is -1.02. The Balaban J connectivity index is 0.00000171. The molecule has 2 aliphatic rings. The van der Waals surface area contributed by atoms with Crippen LogP contribution in [0.15, 0.2) is 60.7 Å². The predicted octanol–water partition coefficient (Wildman–Crippen LogP) is 5.02. The number of carbonyl (C=O) groups excluding carboxylic acids is 1. The van der Waals surface area contributed by atoms with Crippen molar-refractivity contribution in [3.05, 3.63) is 71.8 Å². The van der Waals surface area contributed by atoms with E-state index in [-0.39, 0.29) is 22.2 Å². The lowest BCUT2D eigenvalue weighted by atomic mass is 9.94. The van der Waals surface area contributed by atoms with Gasteiger partial charge in [0.2, 0.25) is 12.7 Å². The Labute approximate surface area is 193 Å². The molecule has 0 radical (unpaired) electrons. The fourth-order valence-electron chi connectivity index (χ4n) is 4.10. The zero-order valence-corrected chi connectivity index (χ0v) is 18.1. The lowest BCUT2D eigenvalue weighted by Gasteiger charge is -2.17. The Morgan fingerprint density at radius 1 is 1.03 bits per heavy atom. The number of amides is 1. The number of aryl methyl sites for hydroxylation is 1. The van der Waals surface area contributed by atoms with E-state index in [1.165, 1.54) is 0 Å². The van der Waals surface area contributed by atoms with Crippen molar-refractivity contribution >= 4 is 17.6 Å². The Hall–Kier alpha value is -4.00. The molecule has 33 heavy (non-hydrogen) atoms. The molecule has 1 fully saturated rings. The highest BCUT2D eigenvalue weighted by Crippen LogP contribution is 2.51. The van der Waals surface area contributed by atoms with Gasteiger partial charge in [0.25, 0.3) is 0 Å². The lowest BCUT2D eigenvalue weighted by molar-refractivity contribution is -0.139. The van der Waals surface area contributed by atoms with E-state index in [9.17, 15) is 9.59 Å². The standard InChI is InChI=1S/C26H23NO6.2H2/c1-16-2-6-19(13-21(16)17-3-7-20(8-4-17)31-14-24(28)29)27-25(30)26(10-11-26)18-5-9-22-23(12-18)33-15-32-22;;/h2-9,12-13H,10-11,14-15H2,1H3,(H,27,30)(H,28,29);2*1H. The zero-order valence-electron chi connectivity index (χ0n) is 18.1. The lowest BCUT2D eigenvalue weighted by Crippen LogP contribution is -2.27. The van der Waals surface area contributed by atoms with Crippen LogP contribution in [-0.4, -0.2) is 30.4 Å². The highest BCUT2D eigenvalue weighted by molar-refractivity contribution is 6.02. The van der Waals surface area contributed by atoms with E-state index in [1.54, 1.807) is 12.1 Å². The molecular formula is C26H27NO6. The van der Waals surface area contributed by atoms with E-state index in [2.05, 4.69) is 5.32 Å². The molecule has 1 saturated carbocycles. The number of fused-ring (bicyclic) bond motifs is 1. The number of hydrogen-bond donors (Lipinski definition) is 2. The summed E-state index contributed by atoms with van der Waals surface area (Å²) >= 11 is 0.